The number of aromatic nitrogens is 1. The highest BCUT2D eigenvalue weighted by Gasteiger charge is 2.57. The van der Waals surface area contributed by atoms with Gasteiger partial charge in [-0.15, -0.1) is 0 Å². The van der Waals surface area contributed by atoms with Crippen molar-refractivity contribution in [1.29, 1.82) is 0 Å². The van der Waals surface area contributed by atoms with Gasteiger partial charge in [-0.2, -0.15) is 0 Å². The Hall–Kier alpha value is -3.74. The van der Waals surface area contributed by atoms with Crippen molar-refractivity contribution in [2.75, 3.05) is 25.4 Å². The highest BCUT2D eigenvalue weighted by molar-refractivity contribution is 6.16. The molecule has 36 heavy (non-hydrogen) atoms. The van der Waals surface area contributed by atoms with Crippen molar-refractivity contribution in [2.45, 2.75) is 37.6 Å². The summed E-state index contributed by atoms with van der Waals surface area (Å²) in [5, 5.41) is 2.01. The van der Waals surface area contributed by atoms with Gasteiger partial charge in [0.15, 0.2) is 0 Å². The molecule has 7 nitrogen and oxygen atoms in total. The fraction of sp³-hybridized carbons (Fsp3) is 0.379. The maximum atomic E-state index is 13.4. The van der Waals surface area contributed by atoms with Crippen molar-refractivity contribution in [2.24, 2.45) is 16.8 Å². The van der Waals surface area contributed by atoms with Crippen molar-refractivity contribution in [3.63, 3.8) is 0 Å². The van der Waals surface area contributed by atoms with E-state index in [4.69, 9.17) is 10.7 Å². The summed E-state index contributed by atoms with van der Waals surface area (Å²) in [6.45, 7) is 2.19. The number of anilines is 1. The minimum Gasteiger partial charge on any atom is -0.383 e. The zero-order chi connectivity index (χ0) is 24.4. The van der Waals surface area contributed by atoms with Gasteiger partial charge in [0.2, 0.25) is 5.91 Å². The normalized spacial score (nSPS) is 22.5. The molecular weight excluding hydrogens is 450 g/mol. The van der Waals surface area contributed by atoms with Crippen LogP contribution in [-0.2, 0) is 9.59 Å². The predicted octanol–water partition coefficient (Wildman–Crippen LogP) is 3.86. The minimum atomic E-state index is -0.539. The molecule has 7 heteroatoms. The van der Waals surface area contributed by atoms with Gasteiger partial charge in [-0.1, -0.05) is 36.4 Å². The average Bonchev–Trinajstić information content (AvgIpc) is 3.82. The first kappa shape index (κ1) is 21.5. The largest absolute Gasteiger partial charge is 0.383 e. The molecule has 2 aliphatic heterocycles. The Bertz CT molecular complexity index is 1420. The number of carbonyl (C=O) groups is 2. The fourth-order valence-electron chi connectivity index (χ4n) is 5.71. The second-order valence-electron chi connectivity index (χ2n) is 10.8. The van der Waals surface area contributed by atoms with Gasteiger partial charge in [-0.3, -0.25) is 19.5 Å². The molecule has 2 aromatic carbocycles. The molecule has 0 unspecified atom stereocenters. The number of rotatable bonds is 5. The first-order chi connectivity index (χ1) is 17.5. The van der Waals surface area contributed by atoms with E-state index in [9.17, 15) is 9.59 Å². The Kier molecular flexibility index (Phi) is 4.72. The van der Waals surface area contributed by atoms with E-state index in [-0.39, 0.29) is 11.8 Å². The van der Waals surface area contributed by atoms with Gasteiger partial charge in [-0.05, 0) is 66.7 Å². The van der Waals surface area contributed by atoms with E-state index in [0.717, 1.165) is 78.5 Å². The van der Waals surface area contributed by atoms with Gasteiger partial charge in [-0.25, -0.2) is 4.98 Å². The van der Waals surface area contributed by atoms with Crippen molar-refractivity contribution in [3.8, 4) is 11.1 Å². The van der Waals surface area contributed by atoms with Crippen LogP contribution in [0.2, 0.25) is 0 Å². The highest BCUT2D eigenvalue weighted by atomic mass is 16.2. The van der Waals surface area contributed by atoms with Gasteiger partial charge in [0.25, 0.3) is 5.91 Å². The third-order valence-corrected chi connectivity index (χ3v) is 8.18. The first-order valence-electron chi connectivity index (χ1n) is 13.0. The number of pyridine rings is 1. The van der Waals surface area contributed by atoms with Crippen molar-refractivity contribution < 1.29 is 9.59 Å². The number of aliphatic imine (C=N–C) groups is 1. The van der Waals surface area contributed by atoms with Gasteiger partial charge in [0, 0.05) is 42.7 Å². The average molecular weight is 480 g/mol. The summed E-state index contributed by atoms with van der Waals surface area (Å²) < 4.78 is 0. The van der Waals surface area contributed by atoms with E-state index in [1.54, 1.807) is 6.20 Å². The quantitative estimate of drug-likeness (QED) is 0.601. The second-order valence-corrected chi connectivity index (χ2v) is 10.8. The van der Waals surface area contributed by atoms with Crippen LogP contribution in [0.4, 0.5) is 5.82 Å². The number of amides is 2. The third-order valence-electron chi connectivity index (χ3n) is 8.18. The van der Waals surface area contributed by atoms with Crippen LogP contribution in [0, 0.1) is 11.8 Å². The molecular formula is C29H29N5O2. The fourth-order valence-corrected chi connectivity index (χ4v) is 5.71. The Morgan fingerprint density at radius 3 is 2.50 bits per heavy atom. The molecule has 0 radical (unpaired) electrons. The molecule has 1 aromatic heterocycles. The van der Waals surface area contributed by atoms with E-state index < -0.39 is 5.54 Å². The monoisotopic (exact) mass is 479 g/mol. The zero-order valence-corrected chi connectivity index (χ0v) is 20.2. The molecule has 3 heterocycles. The summed E-state index contributed by atoms with van der Waals surface area (Å²) in [6, 6.07) is 16.5. The van der Waals surface area contributed by atoms with Crippen LogP contribution in [0.25, 0.3) is 21.9 Å². The molecule has 1 spiro atoms. The second kappa shape index (κ2) is 7.88. The number of fused-ring (bicyclic) bond motifs is 1. The predicted molar refractivity (Wildman–Crippen MR) is 139 cm³/mol. The number of hydrogen-bond acceptors (Lipinski definition) is 5. The SMILES string of the molecule is Nc1nccc2cc(-c3ccc(C4=NC5(CC5)C(=O)N4C[C@@H]4CCN(C(=O)C5CC5)C4)cc3)ccc12. The molecule has 2 saturated carbocycles. The lowest BCUT2D eigenvalue weighted by molar-refractivity contribution is -0.131. The van der Waals surface area contributed by atoms with Crippen molar-refractivity contribution in [1.82, 2.24) is 14.8 Å². The van der Waals surface area contributed by atoms with E-state index in [1.165, 1.54) is 0 Å². The lowest BCUT2D eigenvalue weighted by atomic mass is 10.0. The number of hydrogen-bond donors (Lipinski definition) is 1. The molecule has 4 aliphatic rings. The molecule has 0 bridgehead atoms. The van der Waals surface area contributed by atoms with Crippen LogP contribution in [-0.4, -0.2) is 57.6 Å². The maximum Gasteiger partial charge on any atom is 0.256 e. The maximum absolute atomic E-state index is 13.4. The van der Waals surface area contributed by atoms with Gasteiger partial charge in [0.05, 0.1) is 0 Å². The number of amidine groups is 1. The van der Waals surface area contributed by atoms with Crippen LogP contribution in [0.3, 0.4) is 0 Å². The van der Waals surface area contributed by atoms with Gasteiger partial charge in [0.1, 0.15) is 17.2 Å². The van der Waals surface area contributed by atoms with E-state index in [1.807, 2.05) is 21.9 Å². The van der Waals surface area contributed by atoms with E-state index in [2.05, 4.69) is 41.4 Å². The Morgan fingerprint density at radius 1 is 1.00 bits per heavy atom. The molecule has 2 N–H and O–H groups in total. The lowest BCUT2D eigenvalue weighted by Gasteiger charge is -2.23. The van der Waals surface area contributed by atoms with Crippen molar-refractivity contribution in [3.05, 3.63) is 60.3 Å². The first-order valence-corrected chi connectivity index (χ1v) is 13.0. The molecule has 1 atom stereocenters. The molecule has 1 saturated heterocycles. The van der Waals surface area contributed by atoms with Crippen LogP contribution in [0.15, 0.2) is 59.7 Å². The van der Waals surface area contributed by atoms with Crippen LogP contribution in [0.1, 0.15) is 37.7 Å². The summed E-state index contributed by atoms with van der Waals surface area (Å²) in [4.78, 5) is 38.9. The number of nitrogen functional groups attached to an aromatic ring is 1. The van der Waals surface area contributed by atoms with Crippen LogP contribution < -0.4 is 5.73 Å². The number of carbonyl (C=O) groups excluding carboxylic acids is 2. The minimum absolute atomic E-state index is 0.134. The summed E-state index contributed by atoms with van der Waals surface area (Å²) >= 11 is 0. The van der Waals surface area contributed by atoms with E-state index in [0.29, 0.717) is 24.2 Å². The Morgan fingerprint density at radius 2 is 1.75 bits per heavy atom. The van der Waals surface area contributed by atoms with Gasteiger partial charge < -0.3 is 10.6 Å². The lowest BCUT2D eigenvalue weighted by Crippen LogP contribution is -2.40. The Labute approximate surface area is 210 Å². The molecule has 3 fully saturated rings. The number of likely N-dealkylation sites (tertiary alicyclic amines) is 1. The summed E-state index contributed by atoms with van der Waals surface area (Å²) in [5.41, 5.74) is 8.63. The standard InChI is InChI=1S/C29H29N5O2/c30-25-24-8-7-22(15-23(24)9-13-31-25)19-1-3-20(4-2-19)26-32-29(11-12-29)28(36)34(26)17-18-10-14-33(16-18)27(35)21-5-6-21/h1-4,7-9,13,15,18,21H,5-6,10-12,14,16-17H2,(H2,30,31)/t18-/m1/s1. The van der Waals surface area contributed by atoms with Crippen molar-refractivity contribution >= 4 is 34.2 Å². The van der Waals surface area contributed by atoms with Crippen LogP contribution >= 0.6 is 0 Å². The number of nitrogens with zero attached hydrogens (tertiary/aromatic N) is 4. The number of benzene rings is 2. The Balaban J connectivity index is 1.12. The van der Waals surface area contributed by atoms with Gasteiger partial charge >= 0.3 is 0 Å². The summed E-state index contributed by atoms with van der Waals surface area (Å²) in [5.74, 6) is 2.31. The zero-order valence-electron chi connectivity index (χ0n) is 20.2. The summed E-state index contributed by atoms with van der Waals surface area (Å²) in [6.07, 6.45) is 6.40. The highest BCUT2D eigenvalue weighted by Crippen LogP contribution is 2.46. The topological polar surface area (TPSA) is 91.9 Å². The van der Waals surface area contributed by atoms with Crippen LogP contribution in [0.5, 0.6) is 0 Å². The third kappa shape index (κ3) is 3.56. The molecule has 3 aromatic rings. The molecule has 7 rings (SSSR count). The molecule has 182 valence electrons. The summed E-state index contributed by atoms with van der Waals surface area (Å²) in [7, 11) is 0. The molecule has 2 aliphatic carbocycles. The number of nitrogens with two attached hydrogens (primary N) is 1. The smallest absolute Gasteiger partial charge is 0.256 e. The molecule has 2 amide bonds. The van der Waals surface area contributed by atoms with E-state index >= 15 is 0 Å².